The Kier molecular flexibility index (Phi) is 2.77. The Morgan fingerprint density at radius 3 is 1.47 bits per heavy atom. The molecule has 0 atom stereocenters. The third-order valence-electron chi connectivity index (χ3n) is 2.12. The summed E-state index contributed by atoms with van der Waals surface area (Å²) in [6.45, 7) is 0. The number of hydrogen-bond donors (Lipinski definition) is 0. The fourth-order valence-corrected chi connectivity index (χ4v) is 1.35. The lowest BCUT2D eigenvalue weighted by atomic mass is 10.0. The van der Waals surface area contributed by atoms with Crippen molar-refractivity contribution >= 4 is 0 Å². The van der Waals surface area contributed by atoms with Gasteiger partial charge >= 0.3 is 0 Å². The van der Waals surface area contributed by atoms with Gasteiger partial charge in [0.1, 0.15) is 11.6 Å². The van der Waals surface area contributed by atoms with Gasteiger partial charge < -0.3 is 0 Å². The third kappa shape index (κ3) is 2.21. The first-order valence-corrected chi connectivity index (χ1v) is 4.61. The summed E-state index contributed by atoms with van der Waals surface area (Å²) in [5, 5.41) is 0. The summed E-state index contributed by atoms with van der Waals surface area (Å²) in [6.07, 6.45) is 1.49. The van der Waals surface area contributed by atoms with E-state index in [4.69, 9.17) is 0 Å². The van der Waals surface area contributed by atoms with E-state index in [2.05, 4.69) is 0 Å². The fourth-order valence-electron chi connectivity index (χ4n) is 1.35. The first-order chi connectivity index (χ1) is 7.27. The van der Waals surface area contributed by atoms with Crippen molar-refractivity contribution in [2.45, 2.75) is 0 Å². The van der Waals surface area contributed by atoms with Crippen LogP contribution in [0, 0.1) is 18.1 Å². The van der Waals surface area contributed by atoms with Gasteiger partial charge in [-0.15, -0.1) is 0 Å². The average molecular weight is 203 g/mol. The molecule has 0 aliphatic heterocycles. The first kappa shape index (κ1) is 9.84. The topological polar surface area (TPSA) is 0 Å². The highest BCUT2D eigenvalue weighted by molar-refractivity contribution is 5.38. The van der Waals surface area contributed by atoms with Gasteiger partial charge in [0.25, 0.3) is 0 Å². The van der Waals surface area contributed by atoms with Crippen LogP contribution < -0.4 is 0 Å². The summed E-state index contributed by atoms with van der Waals surface area (Å²) in [6, 6.07) is 12.6. The molecular formula is C13H9F2. The minimum atomic E-state index is -0.347. The molecule has 0 spiro atoms. The van der Waals surface area contributed by atoms with Gasteiger partial charge in [-0.1, -0.05) is 36.4 Å². The van der Waals surface area contributed by atoms with Crippen LogP contribution in [0.2, 0.25) is 0 Å². The Bertz CT molecular complexity index is 420. The van der Waals surface area contributed by atoms with Gasteiger partial charge in [0, 0.05) is 6.42 Å². The Hall–Kier alpha value is -1.70. The zero-order valence-corrected chi connectivity index (χ0v) is 7.95. The predicted octanol–water partition coefficient (Wildman–Crippen LogP) is 3.57. The van der Waals surface area contributed by atoms with Crippen LogP contribution in [0.15, 0.2) is 48.5 Å². The number of rotatable bonds is 2. The van der Waals surface area contributed by atoms with E-state index < -0.39 is 0 Å². The van der Waals surface area contributed by atoms with Crippen LogP contribution in [0.25, 0.3) is 0 Å². The standard InChI is InChI=1S/C13H9F2/c14-12-7-3-1-5-10(12)9-11-6-2-4-8-13(11)15/h1-9H. The van der Waals surface area contributed by atoms with Crippen molar-refractivity contribution in [1.82, 2.24) is 0 Å². The van der Waals surface area contributed by atoms with Crippen LogP contribution in [-0.2, 0) is 0 Å². The van der Waals surface area contributed by atoms with E-state index in [-0.39, 0.29) is 11.6 Å². The van der Waals surface area contributed by atoms with E-state index in [1.165, 1.54) is 18.6 Å². The van der Waals surface area contributed by atoms with Gasteiger partial charge in [0.2, 0.25) is 0 Å². The molecule has 15 heavy (non-hydrogen) atoms. The van der Waals surface area contributed by atoms with Crippen molar-refractivity contribution in [3.63, 3.8) is 0 Å². The molecule has 0 aromatic heterocycles. The van der Waals surface area contributed by atoms with E-state index in [9.17, 15) is 8.78 Å². The molecule has 0 aliphatic carbocycles. The van der Waals surface area contributed by atoms with Crippen molar-refractivity contribution in [1.29, 1.82) is 0 Å². The van der Waals surface area contributed by atoms with Crippen molar-refractivity contribution in [3.05, 3.63) is 77.7 Å². The molecule has 0 amide bonds. The molecule has 0 heterocycles. The van der Waals surface area contributed by atoms with E-state index in [0.717, 1.165) is 0 Å². The van der Waals surface area contributed by atoms with Gasteiger partial charge in [-0.25, -0.2) is 8.78 Å². The molecule has 75 valence electrons. The molecule has 2 rings (SSSR count). The molecule has 0 fully saturated rings. The average Bonchev–Trinajstić information content (AvgIpc) is 2.24. The molecule has 0 bridgehead atoms. The van der Waals surface area contributed by atoms with Gasteiger partial charge in [-0.2, -0.15) is 0 Å². The lowest BCUT2D eigenvalue weighted by Crippen LogP contribution is -1.92. The fraction of sp³-hybridized carbons (Fsp3) is 0. The van der Waals surface area contributed by atoms with Crippen molar-refractivity contribution in [2.75, 3.05) is 0 Å². The SMILES string of the molecule is Fc1ccccc1[CH]c1ccccc1F. The first-order valence-electron chi connectivity index (χ1n) is 4.61. The van der Waals surface area contributed by atoms with Gasteiger partial charge in [0.15, 0.2) is 0 Å². The quantitative estimate of drug-likeness (QED) is 0.700. The summed E-state index contributed by atoms with van der Waals surface area (Å²) in [7, 11) is 0. The summed E-state index contributed by atoms with van der Waals surface area (Å²) < 4.78 is 26.5. The number of hydrogen-bond acceptors (Lipinski definition) is 0. The zero-order valence-electron chi connectivity index (χ0n) is 7.95. The maximum absolute atomic E-state index is 13.3. The van der Waals surface area contributed by atoms with E-state index in [0.29, 0.717) is 11.1 Å². The minimum absolute atomic E-state index is 0.347. The van der Waals surface area contributed by atoms with E-state index in [1.54, 1.807) is 36.4 Å². The molecule has 1 radical (unpaired) electrons. The van der Waals surface area contributed by atoms with Crippen molar-refractivity contribution < 1.29 is 8.78 Å². The molecule has 2 aromatic carbocycles. The van der Waals surface area contributed by atoms with Crippen LogP contribution >= 0.6 is 0 Å². The van der Waals surface area contributed by atoms with Crippen LogP contribution in [0.5, 0.6) is 0 Å². The van der Waals surface area contributed by atoms with Crippen LogP contribution in [0.1, 0.15) is 11.1 Å². The highest BCUT2D eigenvalue weighted by Crippen LogP contribution is 2.17. The van der Waals surface area contributed by atoms with E-state index in [1.807, 2.05) is 0 Å². The summed E-state index contributed by atoms with van der Waals surface area (Å²) in [5.74, 6) is -0.693. The van der Waals surface area contributed by atoms with Crippen LogP contribution in [-0.4, -0.2) is 0 Å². The maximum Gasteiger partial charge on any atom is 0.127 e. The van der Waals surface area contributed by atoms with Crippen molar-refractivity contribution in [3.8, 4) is 0 Å². The molecule has 0 saturated heterocycles. The number of halogens is 2. The Morgan fingerprint density at radius 2 is 1.07 bits per heavy atom. The Labute approximate surface area is 87.2 Å². The molecule has 0 aliphatic rings. The Morgan fingerprint density at radius 1 is 0.667 bits per heavy atom. The molecule has 0 N–H and O–H groups in total. The molecule has 2 heteroatoms. The summed E-state index contributed by atoms with van der Waals surface area (Å²) >= 11 is 0. The van der Waals surface area contributed by atoms with Crippen LogP contribution in [0.4, 0.5) is 8.78 Å². The minimum Gasteiger partial charge on any atom is -0.207 e. The lowest BCUT2D eigenvalue weighted by Gasteiger charge is -2.03. The smallest absolute Gasteiger partial charge is 0.127 e. The van der Waals surface area contributed by atoms with Gasteiger partial charge in [-0.05, 0) is 23.3 Å². The Balaban J connectivity index is 2.30. The maximum atomic E-state index is 13.3. The zero-order chi connectivity index (χ0) is 10.7. The predicted molar refractivity (Wildman–Crippen MR) is 55.3 cm³/mol. The second-order valence-corrected chi connectivity index (χ2v) is 3.19. The molecule has 0 nitrogen and oxygen atoms in total. The van der Waals surface area contributed by atoms with Crippen LogP contribution in [0.3, 0.4) is 0 Å². The second-order valence-electron chi connectivity index (χ2n) is 3.19. The second kappa shape index (κ2) is 4.22. The molecule has 2 aromatic rings. The molecule has 0 unspecified atom stereocenters. The largest absolute Gasteiger partial charge is 0.207 e. The monoisotopic (exact) mass is 203 g/mol. The number of benzene rings is 2. The van der Waals surface area contributed by atoms with Gasteiger partial charge in [0.05, 0.1) is 0 Å². The highest BCUT2D eigenvalue weighted by atomic mass is 19.1. The summed E-state index contributed by atoms with van der Waals surface area (Å²) in [4.78, 5) is 0. The molecule has 0 saturated carbocycles. The normalized spacial score (nSPS) is 10.3. The molecular weight excluding hydrogens is 194 g/mol. The third-order valence-corrected chi connectivity index (χ3v) is 2.12. The summed E-state index contributed by atoms with van der Waals surface area (Å²) in [5.41, 5.74) is 0.783. The van der Waals surface area contributed by atoms with E-state index >= 15 is 0 Å². The highest BCUT2D eigenvalue weighted by Gasteiger charge is 2.05. The van der Waals surface area contributed by atoms with Gasteiger partial charge in [-0.3, -0.25) is 0 Å². The lowest BCUT2D eigenvalue weighted by molar-refractivity contribution is 0.612. The van der Waals surface area contributed by atoms with Crippen molar-refractivity contribution in [2.24, 2.45) is 0 Å².